The summed E-state index contributed by atoms with van der Waals surface area (Å²) < 4.78 is 2.35. The molecule has 0 saturated carbocycles. The number of halogens is 1. The maximum Gasteiger partial charge on any atom is 0.180 e. The average molecular weight is 274 g/mol. The zero-order chi connectivity index (χ0) is 12.4. The lowest BCUT2D eigenvalue weighted by Gasteiger charge is -2.15. The fraction of sp³-hybridized carbons (Fsp3) is 0.353. The second kappa shape index (κ2) is 6.21. The number of rotatable bonds is 2. The molecule has 0 radical (unpaired) electrons. The number of aromatic nitrogens is 1. The third-order valence-electron chi connectivity index (χ3n) is 4.04. The molecule has 0 aliphatic heterocycles. The summed E-state index contributed by atoms with van der Waals surface area (Å²) >= 11 is 0. The van der Waals surface area contributed by atoms with Gasteiger partial charge in [0.1, 0.15) is 0 Å². The van der Waals surface area contributed by atoms with E-state index in [-0.39, 0.29) is 12.4 Å². The summed E-state index contributed by atoms with van der Waals surface area (Å²) in [4.78, 5) is 0. The number of hydrogen-bond donors (Lipinski definition) is 0. The van der Waals surface area contributed by atoms with Gasteiger partial charge in [0.25, 0.3) is 0 Å². The van der Waals surface area contributed by atoms with E-state index in [0.29, 0.717) is 6.04 Å². The zero-order valence-electron chi connectivity index (χ0n) is 11.3. The zero-order valence-corrected chi connectivity index (χ0v) is 12.1. The SMILES string of the molecule is C[C@H](c1ccccc1)[n+]1ccc2c(c1)CCCC2.[Cl-]. The number of pyridine rings is 1. The van der Waals surface area contributed by atoms with Crippen LogP contribution in [0.15, 0.2) is 48.8 Å². The van der Waals surface area contributed by atoms with Gasteiger partial charge in [0.05, 0.1) is 0 Å². The summed E-state index contributed by atoms with van der Waals surface area (Å²) in [5.41, 5.74) is 4.47. The van der Waals surface area contributed by atoms with Gasteiger partial charge in [0.15, 0.2) is 18.4 Å². The van der Waals surface area contributed by atoms with Crippen LogP contribution in [-0.4, -0.2) is 0 Å². The quantitative estimate of drug-likeness (QED) is 0.701. The minimum atomic E-state index is 0. The highest BCUT2D eigenvalue weighted by atomic mass is 35.5. The third-order valence-corrected chi connectivity index (χ3v) is 4.04. The molecule has 0 unspecified atom stereocenters. The van der Waals surface area contributed by atoms with E-state index in [1.165, 1.54) is 31.2 Å². The van der Waals surface area contributed by atoms with E-state index in [0.717, 1.165) is 0 Å². The first-order valence-corrected chi connectivity index (χ1v) is 6.92. The Labute approximate surface area is 121 Å². The molecule has 100 valence electrons. The van der Waals surface area contributed by atoms with Gasteiger partial charge in [0, 0.05) is 24.1 Å². The smallest absolute Gasteiger partial charge is 0.180 e. The Bertz CT molecular complexity index is 536. The van der Waals surface area contributed by atoms with Gasteiger partial charge in [-0.1, -0.05) is 30.3 Å². The van der Waals surface area contributed by atoms with Gasteiger partial charge in [-0.15, -0.1) is 0 Å². The topological polar surface area (TPSA) is 3.88 Å². The predicted octanol–water partition coefficient (Wildman–Crippen LogP) is 0.466. The van der Waals surface area contributed by atoms with Gasteiger partial charge in [-0.2, -0.15) is 4.57 Å². The van der Waals surface area contributed by atoms with Crippen LogP contribution in [0.3, 0.4) is 0 Å². The fourth-order valence-corrected chi connectivity index (χ4v) is 2.83. The molecule has 0 spiro atoms. The predicted molar refractivity (Wildman–Crippen MR) is 73.5 cm³/mol. The molecule has 1 aromatic heterocycles. The molecule has 1 aliphatic rings. The first-order valence-electron chi connectivity index (χ1n) is 6.92. The second-order valence-corrected chi connectivity index (χ2v) is 5.24. The molecule has 3 rings (SSSR count). The molecule has 1 aromatic carbocycles. The molecule has 0 fully saturated rings. The molecule has 19 heavy (non-hydrogen) atoms. The van der Waals surface area contributed by atoms with E-state index < -0.39 is 0 Å². The van der Waals surface area contributed by atoms with E-state index in [1.54, 1.807) is 11.1 Å². The van der Waals surface area contributed by atoms with Crippen molar-refractivity contribution < 1.29 is 17.0 Å². The fourth-order valence-electron chi connectivity index (χ4n) is 2.83. The van der Waals surface area contributed by atoms with Crippen molar-refractivity contribution in [2.75, 3.05) is 0 Å². The van der Waals surface area contributed by atoms with E-state index in [2.05, 4.69) is 60.3 Å². The molecule has 0 N–H and O–H groups in total. The van der Waals surface area contributed by atoms with Gasteiger partial charge in [-0.05, 0) is 31.2 Å². The van der Waals surface area contributed by atoms with Crippen LogP contribution in [0.1, 0.15) is 42.5 Å². The average Bonchev–Trinajstić information content (AvgIpc) is 2.47. The lowest BCUT2D eigenvalue weighted by atomic mass is 9.93. The monoisotopic (exact) mass is 273 g/mol. The second-order valence-electron chi connectivity index (χ2n) is 5.24. The molecule has 0 saturated heterocycles. The van der Waals surface area contributed by atoms with E-state index in [9.17, 15) is 0 Å². The molecule has 1 nitrogen and oxygen atoms in total. The standard InChI is InChI=1S/C17H20N.ClH/c1-14(15-7-3-2-4-8-15)18-12-11-16-9-5-6-10-17(16)13-18;/h2-4,7-8,11-14H,5-6,9-10H2,1H3;1H/q+1;/p-1/t14-;/m1./s1. The number of nitrogens with zero attached hydrogens (tertiary/aromatic N) is 1. The van der Waals surface area contributed by atoms with Crippen molar-refractivity contribution in [3.63, 3.8) is 0 Å². The molecule has 1 heterocycles. The highest BCUT2D eigenvalue weighted by Crippen LogP contribution is 2.20. The van der Waals surface area contributed by atoms with Crippen LogP contribution < -0.4 is 17.0 Å². The number of fused-ring (bicyclic) bond motifs is 1. The molecule has 1 aliphatic carbocycles. The summed E-state index contributed by atoms with van der Waals surface area (Å²) in [6, 6.07) is 13.4. The largest absolute Gasteiger partial charge is 1.00 e. The summed E-state index contributed by atoms with van der Waals surface area (Å²) in [5, 5.41) is 0. The van der Waals surface area contributed by atoms with Crippen molar-refractivity contribution in [1.82, 2.24) is 0 Å². The Morgan fingerprint density at radius 2 is 1.63 bits per heavy atom. The van der Waals surface area contributed by atoms with E-state index >= 15 is 0 Å². The summed E-state index contributed by atoms with van der Waals surface area (Å²) in [6.07, 6.45) is 9.80. The van der Waals surface area contributed by atoms with Crippen molar-refractivity contribution in [2.24, 2.45) is 0 Å². The van der Waals surface area contributed by atoms with Crippen LogP contribution >= 0.6 is 0 Å². The Morgan fingerprint density at radius 1 is 0.947 bits per heavy atom. The molecule has 2 aromatic rings. The van der Waals surface area contributed by atoms with Crippen molar-refractivity contribution in [3.05, 3.63) is 65.5 Å². The van der Waals surface area contributed by atoms with Crippen LogP contribution in [0.25, 0.3) is 0 Å². The van der Waals surface area contributed by atoms with E-state index in [1.807, 2.05) is 0 Å². The van der Waals surface area contributed by atoms with Gasteiger partial charge in [-0.25, -0.2) is 0 Å². The number of aryl methyl sites for hydroxylation is 2. The highest BCUT2D eigenvalue weighted by Gasteiger charge is 2.18. The maximum absolute atomic E-state index is 2.35. The van der Waals surface area contributed by atoms with Crippen molar-refractivity contribution in [2.45, 2.75) is 38.6 Å². The Hall–Kier alpha value is -1.34. The molecular formula is C17H20ClN. The Balaban J connectivity index is 0.00000133. The first kappa shape index (κ1) is 14.1. The van der Waals surface area contributed by atoms with Gasteiger partial charge in [0.2, 0.25) is 0 Å². The summed E-state index contributed by atoms with van der Waals surface area (Å²) in [6.45, 7) is 2.27. The summed E-state index contributed by atoms with van der Waals surface area (Å²) in [5.74, 6) is 0. The van der Waals surface area contributed by atoms with Crippen molar-refractivity contribution >= 4 is 0 Å². The minimum absolute atomic E-state index is 0. The Morgan fingerprint density at radius 3 is 2.37 bits per heavy atom. The van der Waals surface area contributed by atoms with Crippen LogP contribution in [0.2, 0.25) is 0 Å². The lowest BCUT2D eigenvalue weighted by molar-refractivity contribution is -0.710. The van der Waals surface area contributed by atoms with Gasteiger partial charge < -0.3 is 12.4 Å². The third kappa shape index (κ3) is 2.98. The molecule has 0 amide bonds. The normalized spacial score (nSPS) is 15.2. The molecule has 1 atom stereocenters. The molecule has 0 bridgehead atoms. The van der Waals surface area contributed by atoms with Gasteiger partial charge >= 0.3 is 0 Å². The van der Waals surface area contributed by atoms with Crippen molar-refractivity contribution in [3.8, 4) is 0 Å². The van der Waals surface area contributed by atoms with Crippen LogP contribution in [0, 0.1) is 0 Å². The Kier molecular flexibility index (Phi) is 4.60. The lowest BCUT2D eigenvalue weighted by Crippen LogP contribution is -3.00. The molecule has 2 heteroatoms. The van der Waals surface area contributed by atoms with Crippen LogP contribution in [0.5, 0.6) is 0 Å². The van der Waals surface area contributed by atoms with E-state index in [4.69, 9.17) is 0 Å². The van der Waals surface area contributed by atoms with Gasteiger partial charge in [-0.3, -0.25) is 0 Å². The molecular weight excluding hydrogens is 254 g/mol. The highest BCUT2D eigenvalue weighted by molar-refractivity contribution is 5.24. The van der Waals surface area contributed by atoms with Crippen molar-refractivity contribution in [1.29, 1.82) is 0 Å². The summed E-state index contributed by atoms with van der Waals surface area (Å²) in [7, 11) is 0. The maximum atomic E-state index is 2.35. The first-order chi connectivity index (χ1) is 8.84. The number of benzene rings is 1. The van der Waals surface area contributed by atoms with Crippen LogP contribution in [0.4, 0.5) is 0 Å². The van der Waals surface area contributed by atoms with Crippen LogP contribution in [-0.2, 0) is 12.8 Å². The minimum Gasteiger partial charge on any atom is -1.00 e. The number of hydrogen-bond acceptors (Lipinski definition) is 0.